The van der Waals surface area contributed by atoms with Crippen LogP contribution in [0.1, 0.15) is 17.2 Å². The summed E-state index contributed by atoms with van der Waals surface area (Å²) in [5.41, 5.74) is 4.32. The van der Waals surface area contributed by atoms with Gasteiger partial charge in [0.25, 0.3) is 0 Å². The largest absolute Gasteiger partial charge is 0.495 e. The molecule has 2 heterocycles. The third kappa shape index (κ3) is 5.30. The van der Waals surface area contributed by atoms with Gasteiger partial charge in [-0.05, 0) is 37.7 Å². The summed E-state index contributed by atoms with van der Waals surface area (Å²) in [6.45, 7) is 4.76. The molecule has 3 aromatic carbocycles. The Morgan fingerprint density at radius 3 is 2.44 bits per heavy atom. The summed E-state index contributed by atoms with van der Waals surface area (Å²) < 4.78 is 5.29. The smallest absolute Gasteiger partial charge is 0.163 e. The van der Waals surface area contributed by atoms with Crippen LogP contribution in [0, 0.1) is 6.92 Å². The lowest BCUT2D eigenvalue weighted by atomic mass is 10.0. The van der Waals surface area contributed by atoms with Crippen LogP contribution in [0.25, 0.3) is 11.4 Å². The van der Waals surface area contributed by atoms with Gasteiger partial charge in [0.1, 0.15) is 17.4 Å². The van der Waals surface area contributed by atoms with Crippen molar-refractivity contribution in [2.75, 3.05) is 44.0 Å². The second kappa shape index (κ2) is 10.6. The zero-order valence-corrected chi connectivity index (χ0v) is 21.5. The second-order valence-electron chi connectivity index (χ2n) is 9.13. The van der Waals surface area contributed by atoms with E-state index in [4.69, 9.17) is 26.3 Å². The van der Waals surface area contributed by atoms with Gasteiger partial charge in [0.05, 0.1) is 18.2 Å². The van der Waals surface area contributed by atoms with Gasteiger partial charge in [-0.1, -0.05) is 71.8 Å². The summed E-state index contributed by atoms with van der Waals surface area (Å²) in [5, 5.41) is 3.96. The normalized spacial score (nSPS) is 16.1. The van der Waals surface area contributed by atoms with Gasteiger partial charge in [-0.3, -0.25) is 4.90 Å². The molecule has 1 aliphatic rings. The zero-order chi connectivity index (χ0) is 25.1. The number of benzene rings is 3. The van der Waals surface area contributed by atoms with Crippen molar-refractivity contribution < 1.29 is 4.74 Å². The molecule has 0 aliphatic carbocycles. The predicted octanol–water partition coefficient (Wildman–Crippen LogP) is 6.35. The van der Waals surface area contributed by atoms with Crippen molar-refractivity contribution in [3.63, 3.8) is 0 Å². The van der Waals surface area contributed by atoms with Crippen LogP contribution >= 0.6 is 11.6 Å². The van der Waals surface area contributed by atoms with Crippen LogP contribution in [-0.4, -0.2) is 48.7 Å². The second-order valence-corrected chi connectivity index (χ2v) is 9.54. The molecule has 1 aromatic heterocycles. The number of piperazine rings is 1. The molecule has 5 rings (SSSR count). The molecule has 4 aromatic rings. The van der Waals surface area contributed by atoms with Gasteiger partial charge in [0, 0.05) is 37.0 Å². The average Bonchev–Trinajstić information content (AvgIpc) is 2.90. The fourth-order valence-corrected chi connectivity index (χ4v) is 4.76. The highest BCUT2D eigenvalue weighted by Crippen LogP contribution is 2.32. The molecule has 1 unspecified atom stereocenters. The number of hydrogen-bond donors (Lipinski definition) is 1. The van der Waals surface area contributed by atoms with E-state index in [1.54, 1.807) is 7.11 Å². The molecular formula is C29H30ClN5O. The highest BCUT2D eigenvalue weighted by atomic mass is 35.5. The highest BCUT2D eigenvalue weighted by molar-refractivity contribution is 6.32. The Morgan fingerprint density at radius 2 is 1.72 bits per heavy atom. The molecule has 7 heteroatoms. The molecular weight excluding hydrogens is 470 g/mol. The van der Waals surface area contributed by atoms with E-state index in [0.717, 1.165) is 36.7 Å². The molecule has 0 radical (unpaired) electrons. The topological polar surface area (TPSA) is 53.5 Å². The first-order valence-corrected chi connectivity index (χ1v) is 12.4. The number of aryl methyl sites for hydroxylation is 1. The Bertz CT molecular complexity index is 1330. The number of likely N-dealkylation sites (N-methyl/N-ethyl adjacent to an activating group) is 1. The van der Waals surface area contributed by atoms with Crippen molar-refractivity contribution >= 4 is 28.9 Å². The molecule has 0 amide bonds. The maximum absolute atomic E-state index is 6.37. The first-order chi connectivity index (χ1) is 17.5. The average molecular weight is 500 g/mol. The molecule has 0 bridgehead atoms. The number of nitrogens with zero attached hydrogens (tertiary/aromatic N) is 4. The maximum atomic E-state index is 6.37. The molecule has 0 spiro atoms. The van der Waals surface area contributed by atoms with E-state index in [9.17, 15) is 0 Å². The van der Waals surface area contributed by atoms with Crippen molar-refractivity contribution in [3.05, 3.63) is 95.0 Å². The van der Waals surface area contributed by atoms with Gasteiger partial charge in [-0.2, -0.15) is 0 Å². The first-order valence-electron chi connectivity index (χ1n) is 12.1. The Morgan fingerprint density at radius 1 is 0.944 bits per heavy atom. The van der Waals surface area contributed by atoms with E-state index in [0.29, 0.717) is 22.4 Å². The zero-order valence-electron chi connectivity index (χ0n) is 20.8. The summed E-state index contributed by atoms with van der Waals surface area (Å²) in [7, 11) is 3.80. The molecule has 1 fully saturated rings. The Kier molecular flexibility index (Phi) is 7.07. The van der Waals surface area contributed by atoms with E-state index in [2.05, 4.69) is 83.7 Å². The molecule has 1 saturated heterocycles. The van der Waals surface area contributed by atoms with Gasteiger partial charge in [-0.25, -0.2) is 9.97 Å². The summed E-state index contributed by atoms with van der Waals surface area (Å²) in [6.07, 6.45) is 0. The summed E-state index contributed by atoms with van der Waals surface area (Å²) >= 11 is 6.37. The fourth-order valence-electron chi connectivity index (χ4n) is 4.50. The number of aromatic nitrogens is 2. The SMILES string of the molecule is COc1ccc(Nc2cc(N3CCN(C)C(c4ccccc4)C3)nc(-c3ccc(C)cc3)n2)cc1Cl. The number of methoxy groups -OCH3 is 1. The minimum atomic E-state index is 0.287. The van der Waals surface area contributed by atoms with E-state index in [1.165, 1.54) is 11.1 Å². The van der Waals surface area contributed by atoms with Gasteiger partial charge in [0.2, 0.25) is 0 Å². The predicted molar refractivity (Wildman–Crippen MR) is 148 cm³/mol. The van der Waals surface area contributed by atoms with Crippen molar-refractivity contribution in [1.82, 2.24) is 14.9 Å². The van der Waals surface area contributed by atoms with Crippen LogP contribution in [0.15, 0.2) is 78.9 Å². The Balaban J connectivity index is 1.50. The lowest BCUT2D eigenvalue weighted by Gasteiger charge is -2.40. The number of halogens is 1. The summed E-state index contributed by atoms with van der Waals surface area (Å²) in [5.74, 6) is 2.93. The minimum absolute atomic E-state index is 0.287. The first kappa shape index (κ1) is 24.1. The molecule has 0 saturated carbocycles. The van der Waals surface area contributed by atoms with Crippen molar-refractivity contribution in [2.24, 2.45) is 0 Å². The third-order valence-corrected chi connectivity index (χ3v) is 6.90. The fraction of sp³-hybridized carbons (Fsp3) is 0.241. The quantitative estimate of drug-likeness (QED) is 0.333. The lowest BCUT2D eigenvalue weighted by molar-refractivity contribution is 0.220. The van der Waals surface area contributed by atoms with Crippen molar-refractivity contribution in [3.8, 4) is 17.1 Å². The molecule has 36 heavy (non-hydrogen) atoms. The van der Waals surface area contributed by atoms with Crippen LogP contribution in [-0.2, 0) is 0 Å². The summed E-state index contributed by atoms with van der Waals surface area (Å²) in [4.78, 5) is 14.6. The van der Waals surface area contributed by atoms with Crippen LogP contribution in [0.3, 0.4) is 0 Å². The molecule has 184 valence electrons. The summed E-state index contributed by atoms with van der Waals surface area (Å²) in [6, 6.07) is 26.9. The van der Waals surface area contributed by atoms with Gasteiger partial charge < -0.3 is 15.0 Å². The monoisotopic (exact) mass is 499 g/mol. The maximum Gasteiger partial charge on any atom is 0.163 e. The van der Waals surface area contributed by atoms with Gasteiger partial charge >= 0.3 is 0 Å². The van der Waals surface area contributed by atoms with Crippen LogP contribution in [0.2, 0.25) is 5.02 Å². The molecule has 1 aliphatic heterocycles. The van der Waals surface area contributed by atoms with Crippen molar-refractivity contribution in [1.29, 1.82) is 0 Å². The van der Waals surface area contributed by atoms with Gasteiger partial charge in [-0.15, -0.1) is 0 Å². The highest BCUT2D eigenvalue weighted by Gasteiger charge is 2.27. The van der Waals surface area contributed by atoms with E-state index in [1.807, 2.05) is 24.3 Å². The van der Waals surface area contributed by atoms with Crippen LogP contribution in [0.5, 0.6) is 5.75 Å². The van der Waals surface area contributed by atoms with Crippen LogP contribution in [0.4, 0.5) is 17.3 Å². The van der Waals surface area contributed by atoms with Crippen molar-refractivity contribution in [2.45, 2.75) is 13.0 Å². The van der Waals surface area contributed by atoms with E-state index in [-0.39, 0.29) is 6.04 Å². The van der Waals surface area contributed by atoms with E-state index < -0.39 is 0 Å². The van der Waals surface area contributed by atoms with Gasteiger partial charge in [0.15, 0.2) is 5.82 Å². The van der Waals surface area contributed by atoms with Crippen LogP contribution < -0.4 is 15.0 Å². The standard InChI is InChI=1S/C29H30ClN5O/c1-20-9-11-22(12-10-20)29-32-27(31-23-13-14-26(36-3)24(30)17-23)18-28(33-29)35-16-15-34(2)25(19-35)21-7-5-4-6-8-21/h4-14,17-18,25H,15-16,19H2,1-3H3,(H,31,32,33). The Labute approximate surface area is 217 Å². The molecule has 1 N–H and O–H groups in total. The lowest BCUT2D eigenvalue weighted by Crippen LogP contribution is -2.47. The third-order valence-electron chi connectivity index (χ3n) is 6.60. The number of ether oxygens (including phenoxy) is 1. The number of nitrogens with one attached hydrogen (secondary N) is 1. The molecule has 6 nitrogen and oxygen atoms in total. The minimum Gasteiger partial charge on any atom is -0.495 e. The molecule has 1 atom stereocenters. The Hall–Kier alpha value is -3.61. The number of anilines is 3. The number of rotatable bonds is 6. The number of hydrogen-bond acceptors (Lipinski definition) is 6. The van der Waals surface area contributed by atoms with E-state index >= 15 is 0 Å².